The third kappa shape index (κ3) is 1.70. The first-order valence-electron chi connectivity index (χ1n) is 4.12. The Morgan fingerprint density at radius 2 is 2.36 bits per heavy atom. The Morgan fingerprint density at radius 1 is 1.71 bits per heavy atom. The molecule has 5 heteroatoms. The molecule has 0 fully saturated rings. The second-order valence-electron chi connectivity index (χ2n) is 2.67. The average molecular weight is 209 g/mol. The SMILES string of the molecule is CCOC(=N)c1c(N)sc(C#N)c1C. The molecule has 3 N–H and O–H groups in total. The van der Waals surface area contributed by atoms with Crippen molar-refractivity contribution in [3.63, 3.8) is 0 Å². The molecule has 1 rings (SSSR count). The highest BCUT2D eigenvalue weighted by atomic mass is 32.1. The molecule has 74 valence electrons. The van der Waals surface area contributed by atoms with Gasteiger partial charge < -0.3 is 10.5 Å². The van der Waals surface area contributed by atoms with Crippen LogP contribution in [-0.4, -0.2) is 12.5 Å². The highest BCUT2D eigenvalue weighted by Gasteiger charge is 2.17. The highest BCUT2D eigenvalue weighted by molar-refractivity contribution is 7.17. The first-order valence-corrected chi connectivity index (χ1v) is 4.94. The van der Waals surface area contributed by atoms with Gasteiger partial charge in [0, 0.05) is 0 Å². The zero-order valence-corrected chi connectivity index (χ0v) is 8.86. The maximum atomic E-state index is 8.76. The third-order valence-corrected chi connectivity index (χ3v) is 2.82. The van der Waals surface area contributed by atoms with E-state index >= 15 is 0 Å². The summed E-state index contributed by atoms with van der Waals surface area (Å²) < 4.78 is 5.05. The molecule has 0 saturated heterocycles. The lowest BCUT2D eigenvalue weighted by Gasteiger charge is -2.04. The first kappa shape index (κ1) is 10.5. The van der Waals surface area contributed by atoms with Gasteiger partial charge in [0.15, 0.2) is 0 Å². The van der Waals surface area contributed by atoms with Crippen LogP contribution >= 0.6 is 11.3 Å². The van der Waals surface area contributed by atoms with E-state index in [0.29, 0.717) is 22.0 Å². The Labute approximate surface area is 86.4 Å². The van der Waals surface area contributed by atoms with E-state index in [-0.39, 0.29) is 5.90 Å². The Morgan fingerprint density at radius 3 is 2.79 bits per heavy atom. The Bertz CT molecular complexity index is 403. The van der Waals surface area contributed by atoms with Crippen LogP contribution in [0.25, 0.3) is 0 Å². The van der Waals surface area contributed by atoms with Crippen LogP contribution in [0.3, 0.4) is 0 Å². The van der Waals surface area contributed by atoms with Crippen molar-refractivity contribution in [1.82, 2.24) is 0 Å². The second-order valence-corrected chi connectivity index (χ2v) is 3.72. The lowest BCUT2D eigenvalue weighted by atomic mass is 10.1. The van der Waals surface area contributed by atoms with Gasteiger partial charge in [0.1, 0.15) is 15.9 Å². The number of anilines is 1. The van der Waals surface area contributed by atoms with Crippen LogP contribution in [0, 0.1) is 23.7 Å². The summed E-state index contributed by atoms with van der Waals surface area (Å²) in [6, 6.07) is 2.04. The predicted molar refractivity (Wildman–Crippen MR) is 56.6 cm³/mol. The highest BCUT2D eigenvalue weighted by Crippen LogP contribution is 2.30. The van der Waals surface area contributed by atoms with Crippen molar-refractivity contribution in [1.29, 1.82) is 10.7 Å². The van der Waals surface area contributed by atoms with E-state index in [1.807, 2.05) is 6.07 Å². The zero-order chi connectivity index (χ0) is 10.7. The van der Waals surface area contributed by atoms with Crippen molar-refractivity contribution in [3.8, 4) is 6.07 Å². The summed E-state index contributed by atoms with van der Waals surface area (Å²) in [5.41, 5.74) is 6.98. The average Bonchev–Trinajstić information content (AvgIpc) is 2.41. The number of thiophene rings is 1. The number of nitriles is 1. The molecule has 0 radical (unpaired) electrons. The normalized spacial score (nSPS) is 9.50. The first-order chi connectivity index (χ1) is 6.61. The summed E-state index contributed by atoms with van der Waals surface area (Å²) in [5.74, 6) is 0.0419. The topological polar surface area (TPSA) is 82.9 Å². The van der Waals surface area contributed by atoms with Crippen molar-refractivity contribution in [2.75, 3.05) is 12.3 Å². The monoisotopic (exact) mass is 209 g/mol. The molecular formula is C9H11N3OS. The van der Waals surface area contributed by atoms with Crippen LogP contribution < -0.4 is 5.73 Å². The van der Waals surface area contributed by atoms with Crippen molar-refractivity contribution >= 4 is 22.2 Å². The Kier molecular flexibility index (Phi) is 3.10. The number of nitrogens with two attached hydrogens (primary N) is 1. The van der Waals surface area contributed by atoms with Crippen LogP contribution in [0.1, 0.15) is 22.9 Å². The molecule has 0 unspecified atom stereocenters. The van der Waals surface area contributed by atoms with Gasteiger partial charge >= 0.3 is 0 Å². The van der Waals surface area contributed by atoms with Gasteiger partial charge in [-0.05, 0) is 19.4 Å². The molecule has 0 amide bonds. The van der Waals surface area contributed by atoms with Crippen molar-refractivity contribution in [2.24, 2.45) is 0 Å². The van der Waals surface area contributed by atoms with E-state index in [4.69, 9.17) is 21.1 Å². The molecule has 0 aliphatic rings. The molecule has 1 heterocycles. The molecule has 0 aliphatic carbocycles. The van der Waals surface area contributed by atoms with Crippen molar-refractivity contribution in [2.45, 2.75) is 13.8 Å². The van der Waals surface area contributed by atoms with Crippen molar-refractivity contribution in [3.05, 3.63) is 16.0 Å². The number of hydrogen-bond acceptors (Lipinski definition) is 5. The summed E-state index contributed by atoms with van der Waals surface area (Å²) in [6.07, 6.45) is 0. The fourth-order valence-corrected chi connectivity index (χ4v) is 2.01. The van der Waals surface area contributed by atoms with E-state index in [1.165, 1.54) is 11.3 Å². The lowest BCUT2D eigenvalue weighted by molar-refractivity contribution is 0.326. The summed E-state index contributed by atoms with van der Waals surface area (Å²) >= 11 is 1.19. The van der Waals surface area contributed by atoms with E-state index in [0.717, 1.165) is 5.56 Å². The molecule has 0 aromatic carbocycles. The summed E-state index contributed by atoms with van der Waals surface area (Å²) in [4.78, 5) is 0.543. The summed E-state index contributed by atoms with van der Waals surface area (Å²) in [7, 11) is 0. The zero-order valence-electron chi connectivity index (χ0n) is 8.05. The number of ether oxygens (including phenoxy) is 1. The van der Waals surface area contributed by atoms with Crippen LogP contribution in [0.4, 0.5) is 5.00 Å². The quantitative estimate of drug-likeness (QED) is 0.576. The van der Waals surface area contributed by atoms with E-state index in [1.54, 1.807) is 13.8 Å². The standard InChI is InChI=1S/C9H11N3OS/c1-3-13-8(11)7-5(2)6(4-10)14-9(7)12/h11H,3,12H2,1-2H3. The number of nitrogen functional groups attached to an aromatic ring is 1. The maximum Gasteiger partial charge on any atom is 0.216 e. The van der Waals surface area contributed by atoms with Gasteiger partial charge in [-0.2, -0.15) is 5.26 Å². The van der Waals surface area contributed by atoms with Crippen molar-refractivity contribution < 1.29 is 4.74 Å². The summed E-state index contributed by atoms with van der Waals surface area (Å²) in [6.45, 7) is 4.00. The molecule has 14 heavy (non-hydrogen) atoms. The van der Waals surface area contributed by atoms with Gasteiger partial charge in [-0.25, -0.2) is 0 Å². The number of nitrogens with zero attached hydrogens (tertiary/aromatic N) is 1. The lowest BCUT2D eigenvalue weighted by Crippen LogP contribution is -2.07. The Balaban J connectivity index is 3.15. The van der Waals surface area contributed by atoms with Gasteiger partial charge in [-0.15, -0.1) is 11.3 Å². The Hall–Kier alpha value is -1.54. The molecule has 1 aromatic heterocycles. The fraction of sp³-hybridized carbons (Fsp3) is 0.333. The fourth-order valence-electron chi connectivity index (χ4n) is 1.14. The van der Waals surface area contributed by atoms with Gasteiger partial charge in [-0.1, -0.05) is 0 Å². The van der Waals surface area contributed by atoms with Gasteiger partial charge in [0.2, 0.25) is 5.90 Å². The molecule has 0 spiro atoms. The number of rotatable bonds is 2. The van der Waals surface area contributed by atoms with Gasteiger partial charge in [-0.3, -0.25) is 5.41 Å². The molecule has 4 nitrogen and oxygen atoms in total. The van der Waals surface area contributed by atoms with Gasteiger partial charge in [0.25, 0.3) is 0 Å². The molecule has 0 aliphatic heterocycles. The van der Waals surface area contributed by atoms with Crippen LogP contribution in [0.5, 0.6) is 0 Å². The van der Waals surface area contributed by atoms with Crippen LogP contribution in [-0.2, 0) is 4.74 Å². The van der Waals surface area contributed by atoms with Crippen LogP contribution in [0.2, 0.25) is 0 Å². The molecular weight excluding hydrogens is 198 g/mol. The van der Waals surface area contributed by atoms with E-state index in [2.05, 4.69) is 0 Å². The van der Waals surface area contributed by atoms with E-state index in [9.17, 15) is 0 Å². The second kappa shape index (κ2) is 4.11. The molecule has 1 aromatic rings. The minimum Gasteiger partial charge on any atom is -0.478 e. The maximum absolute atomic E-state index is 8.76. The van der Waals surface area contributed by atoms with Gasteiger partial charge in [0.05, 0.1) is 12.2 Å². The predicted octanol–water partition coefficient (Wildman–Crippen LogP) is 1.87. The largest absolute Gasteiger partial charge is 0.478 e. The molecule has 0 atom stereocenters. The molecule has 0 saturated carbocycles. The molecule has 0 bridgehead atoms. The number of hydrogen-bond donors (Lipinski definition) is 2. The minimum absolute atomic E-state index is 0.0419. The van der Waals surface area contributed by atoms with E-state index < -0.39 is 0 Å². The third-order valence-electron chi connectivity index (χ3n) is 1.79. The van der Waals surface area contributed by atoms with Crippen LogP contribution in [0.15, 0.2) is 0 Å². The number of nitrogens with one attached hydrogen (secondary N) is 1. The minimum atomic E-state index is 0.0419. The summed E-state index contributed by atoms with van der Waals surface area (Å²) in [5, 5.41) is 16.8. The smallest absolute Gasteiger partial charge is 0.216 e.